The van der Waals surface area contributed by atoms with Crippen molar-refractivity contribution in [3.8, 4) is 11.6 Å². The van der Waals surface area contributed by atoms with Gasteiger partial charge in [0.2, 0.25) is 0 Å². The number of amides is 1. The Morgan fingerprint density at radius 2 is 2.10 bits per heavy atom. The molecule has 1 aliphatic carbocycles. The maximum atomic E-state index is 12.2. The molecule has 1 saturated carbocycles. The molecule has 1 amide bonds. The minimum absolute atomic E-state index is 0.122. The number of hydrogen-bond acceptors (Lipinski definition) is 6. The van der Waals surface area contributed by atoms with Gasteiger partial charge in [0.15, 0.2) is 0 Å². The van der Waals surface area contributed by atoms with E-state index in [1.54, 1.807) is 24.9 Å². The molecule has 2 aromatic rings. The standard InChI is InChI=1S/C22H28ClN3O4/c1-15-10-20(24-30-15)29-22(27)25(2)13-16-11-18(12-16)28-19-7-5-6-17(21(19)23)14-26-8-3-4-9-26/h5-7,10,16,18H,3-4,8-9,11-14H2,1-2H3. The van der Waals surface area contributed by atoms with Gasteiger partial charge in [-0.25, -0.2) is 4.79 Å². The number of nitrogens with zero attached hydrogens (tertiary/aromatic N) is 3. The summed E-state index contributed by atoms with van der Waals surface area (Å²) in [4.78, 5) is 16.2. The van der Waals surface area contributed by atoms with Gasteiger partial charge in [-0.3, -0.25) is 4.90 Å². The summed E-state index contributed by atoms with van der Waals surface area (Å²) in [5, 5.41) is 4.40. The smallest absolute Gasteiger partial charge is 0.416 e. The monoisotopic (exact) mass is 433 g/mol. The van der Waals surface area contributed by atoms with Gasteiger partial charge in [0.05, 0.1) is 11.1 Å². The van der Waals surface area contributed by atoms with Crippen LogP contribution in [0.2, 0.25) is 5.02 Å². The second kappa shape index (κ2) is 9.27. The molecular weight excluding hydrogens is 406 g/mol. The van der Waals surface area contributed by atoms with Gasteiger partial charge >= 0.3 is 6.09 Å². The molecule has 1 aromatic heterocycles. The first-order valence-electron chi connectivity index (χ1n) is 10.5. The second-order valence-electron chi connectivity index (χ2n) is 8.31. The van der Waals surface area contributed by atoms with Crippen molar-refractivity contribution in [1.82, 2.24) is 15.0 Å². The van der Waals surface area contributed by atoms with E-state index in [0.717, 1.165) is 48.8 Å². The summed E-state index contributed by atoms with van der Waals surface area (Å²) in [5.74, 6) is 1.91. The van der Waals surface area contributed by atoms with E-state index in [-0.39, 0.29) is 12.0 Å². The molecule has 0 radical (unpaired) electrons. The van der Waals surface area contributed by atoms with Gasteiger partial charge in [-0.1, -0.05) is 23.7 Å². The molecule has 1 aliphatic heterocycles. The van der Waals surface area contributed by atoms with Crippen molar-refractivity contribution < 1.29 is 18.8 Å². The third kappa shape index (κ3) is 5.08. The van der Waals surface area contributed by atoms with Gasteiger partial charge in [0.1, 0.15) is 11.5 Å². The molecule has 30 heavy (non-hydrogen) atoms. The summed E-state index contributed by atoms with van der Waals surface area (Å²) >= 11 is 6.62. The zero-order valence-electron chi connectivity index (χ0n) is 17.5. The summed E-state index contributed by atoms with van der Waals surface area (Å²) in [7, 11) is 1.72. The van der Waals surface area contributed by atoms with Crippen LogP contribution in [-0.2, 0) is 6.54 Å². The third-order valence-electron chi connectivity index (χ3n) is 5.76. The van der Waals surface area contributed by atoms with Crippen molar-refractivity contribution in [2.45, 2.75) is 45.3 Å². The Morgan fingerprint density at radius 1 is 1.33 bits per heavy atom. The Morgan fingerprint density at radius 3 is 2.80 bits per heavy atom. The molecule has 7 nitrogen and oxygen atoms in total. The molecule has 2 aliphatic rings. The van der Waals surface area contributed by atoms with Gasteiger partial charge in [0.25, 0.3) is 5.88 Å². The summed E-state index contributed by atoms with van der Waals surface area (Å²) < 4.78 is 16.3. The van der Waals surface area contributed by atoms with Crippen LogP contribution in [0.1, 0.15) is 37.0 Å². The first-order valence-corrected chi connectivity index (χ1v) is 10.9. The number of carbonyl (C=O) groups is 1. The average molecular weight is 434 g/mol. The number of aryl methyl sites for hydroxylation is 1. The van der Waals surface area contributed by atoms with Gasteiger partial charge < -0.3 is 18.9 Å². The Balaban J connectivity index is 1.23. The Hall–Kier alpha value is -2.25. The highest BCUT2D eigenvalue weighted by atomic mass is 35.5. The van der Waals surface area contributed by atoms with Crippen LogP contribution < -0.4 is 9.47 Å². The van der Waals surface area contributed by atoms with Gasteiger partial charge in [-0.2, -0.15) is 0 Å². The largest absolute Gasteiger partial charge is 0.489 e. The van der Waals surface area contributed by atoms with Crippen molar-refractivity contribution in [3.05, 3.63) is 40.6 Å². The molecule has 0 bridgehead atoms. The number of hydrogen-bond donors (Lipinski definition) is 0. The fourth-order valence-electron chi connectivity index (χ4n) is 4.07. The number of halogens is 1. The fourth-order valence-corrected chi connectivity index (χ4v) is 4.30. The number of carbonyl (C=O) groups excluding carboxylic acids is 1. The molecule has 1 saturated heterocycles. The summed E-state index contributed by atoms with van der Waals surface area (Å²) in [6.45, 7) is 5.51. The van der Waals surface area contributed by atoms with Crippen LogP contribution >= 0.6 is 11.6 Å². The summed E-state index contributed by atoms with van der Waals surface area (Å²) in [6.07, 6.45) is 3.97. The van der Waals surface area contributed by atoms with Crippen LogP contribution in [-0.4, -0.2) is 53.8 Å². The maximum absolute atomic E-state index is 12.2. The number of likely N-dealkylation sites (tertiary alicyclic amines) is 1. The normalized spacial score (nSPS) is 21.3. The van der Waals surface area contributed by atoms with E-state index >= 15 is 0 Å². The molecule has 0 atom stereocenters. The molecular formula is C22H28ClN3O4. The highest BCUT2D eigenvalue weighted by Crippen LogP contribution is 2.36. The molecule has 0 spiro atoms. The Labute approximate surface area is 181 Å². The molecule has 4 rings (SSSR count). The fraction of sp³-hybridized carbons (Fsp3) is 0.545. The summed E-state index contributed by atoms with van der Waals surface area (Å²) in [6, 6.07) is 7.61. The van der Waals surface area contributed by atoms with Crippen LogP contribution in [0.3, 0.4) is 0 Å². The van der Waals surface area contributed by atoms with Gasteiger partial charge in [0, 0.05) is 26.2 Å². The van der Waals surface area contributed by atoms with Crippen LogP contribution in [0.4, 0.5) is 4.79 Å². The Kier molecular flexibility index (Phi) is 6.49. The predicted octanol–water partition coefficient (Wildman–Crippen LogP) is 4.52. The average Bonchev–Trinajstić information content (AvgIpc) is 3.34. The highest BCUT2D eigenvalue weighted by Gasteiger charge is 2.33. The van der Waals surface area contributed by atoms with Crippen molar-refractivity contribution in [3.63, 3.8) is 0 Å². The zero-order chi connectivity index (χ0) is 21.1. The van der Waals surface area contributed by atoms with Crippen molar-refractivity contribution in [2.75, 3.05) is 26.7 Å². The van der Waals surface area contributed by atoms with E-state index in [1.165, 1.54) is 12.8 Å². The SMILES string of the molecule is Cc1cc(OC(=O)N(C)CC2CC(Oc3cccc(CN4CCCC4)c3Cl)C2)no1. The van der Waals surface area contributed by atoms with E-state index < -0.39 is 6.09 Å². The first-order chi connectivity index (χ1) is 14.5. The van der Waals surface area contributed by atoms with Gasteiger partial charge in [-0.15, -0.1) is 0 Å². The first kappa shape index (κ1) is 21.0. The van der Waals surface area contributed by atoms with Crippen molar-refractivity contribution >= 4 is 17.7 Å². The van der Waals surface area contributed by atoms with Crippen LogP contribution in [0.5, 0.6) is 11.6 Å². The minimum Gasteiger partial charge on any atom is -0.489 e. The van der Waals surface area contributed by atoms with Crippen molar-refractivity contribution in [2.24, 2.45) is 5.92 Å². The highest BCUT2D eigenvalue weighted by molar-refractivity contribution is 6.32. The molecule has 1 aromatic carbocycles. The molecule has 0 N–H and O–H groups in total. The van der Waals surface area contributed by atoms with E-state index in [1.807, 2.05) is 12.1 Å². The Bertz CT molecular complexity index is 875. The summed E-state index contributed by atoms with van der Waals surface area (Å²) in [5.41, 5.74) is 1.12. The topological polar surface area (TPSA) is 68.0 Å². The molecule has 8 heteroatoms. The van der Waals surface area contributed by atoms with E-state index in [9.17, 15) is 4.79 Å². The number of rotatable bonds is 7. The second-order valence-corrected chi connectivity index (χ2v) is 8.69. The third-order valence-corrected chi connectivity index (χ3v) is 6.19. The quantitative estimate of drug-likeness (QED) is 0.639. The number of aromatic nitrogens is 1. The predicted molar refractivity (Wildman–Crippen MR) is 113 cm³/mol. The molecule has 2 heterocycles. The van der Waals surface area contributed by atoms with Crippen LogP contribution in [0.25, 0.3) is 0 Å². The lowest BCUT2D eigenvalue weighted by atomic mass is 9.82. The van der Waals surface area contributed by atoms with E-state index in [2.05, 4.69) is 16.1 Å². The lowest BCUT2D eigenvalue weighted by Gasteiger charge is -2.37. The number of ether oxygens (including phenoxy) is 2. The molecule has 162 valence electrons. The minimum atomic E-state index is -0.440. The zero-order valence-corrected chi connectivity index (χ0v) is 18.2. The molecule has 2 fully saturated rings. The maximum Gasteiger partial charge on any atom is 0.416 e. The van der Waals surface area contributed by atoms with E-state index in [4.69, 9.17) is 25.6 Å². The van der Waals surface area contributed by atoms with Crippen LogP contribution in [0.15, 0.2) is 28.8 Å². The molecule has 0 unspecified atom stereocenters. The lowest BCUT2D eigenvalue weighted by molar-refractivity contribution is 0.0481. The lowest BCUT2D eigenvalue weighted by Crippen LogP contribution is -2.42. The van der Waals surface area contributed by atoms with Gasteiger partial charge in [-0.05, 0) is 68.4 Å². The van der Waals surface area contributed by atoms with Crippen molar-refractivity contribution in [1.29, 1.82) is 0 Å². The number of benzene rings is 1. The van der Waals surface area contributed by atoms with Crippen LogP contribution in [0, 0.1) is 12.8 Å². The van der Waals surface area contributed by atoms with E-state index in [0.29, 0.717) is 18.2 Å².